The third-order valence-corrected chi connectivity index (χ3v) is 3.59. The van der Waals surface area contributed by atoms with Gasteiger partial charge in [0.15, 0.2) is 41.4 Å². The van der Waals surface area contributed by atoms with E-state index in [4.69, 9.17) is 9.47 Å². The van der Waals surface area contributed by atoms with Gasteiger partial charge in [0.2, 0.25) is 11.9 Å². The van der Waals surface area contributed by atoms with E-state index in [0.717, 1.165) is 0 Å². The van der Waals surface area contributed by atoms with Gasteiger partial charge >= 0.3 is 5.97 Å². The summed E-state index contributed by atoms with van der Waals surface area (Å²) in [6, 6.07) is 6.46. The maximum atomic E-state index is 13.5. The summed E-state index contributed by atoms with van der Waals surface area (Å²) in [4.78, 5) is 23.6. The summed E-state index contributed by atoms with van der Waals surface area (Å²) in [6.45, 7) is -1.27. The van der Waals surface area contributed by atoms with Crippen LogP contribution in [0.25, 0.3) is 0 Å². The molecule has 6 nitrogen and oxygen atoms in total. The Bertz CT molecular complexity index is 923. The summed E-state index contributed by atoms with van der Waals surface area (Å²) >= 11 is 0. The molecule has 0 unspecified atom stereocenters. The van der Waals surface area contributed by atoms with Gasteiger partial charge in [-0.25, -0.2) is 26.7 Å². The number of para-hydroxylation sites is 2. The van der Waals surface area contributed by atoms with Crippen LogP contribution < -0.4 is 14.8 Å². The van der Waals surface area contributed by atoms with Gasteiger partial charge in [-0.15, -0.1) is 0 Å². The predicted molar refractivity (Wildman–Crippen MR) is 82.2 cm³/mol. The fourth-order valence-corrected chi connectivity index (χ4v) is 2.26. The van der Waals surface area contributed by atoms with Gasteiger partial charge < -0.3 is 19.5 Å². The molecule has 0 saturated carbocycles. The van der Waals surface area contributed by atoms with Crippen LogP contribution in [0, 0.1) is 29.1 Å². The predicted octanol–water partition coefficient (Wildman–Crippen LogP) is 2.70. The highest BCUT2D eigenvalue weighted by molar-refractivity contribution is 5.93. The Morgan fingerprint density at radius 3 is 2.18 bits per heavy atom. The lowest BCUT2D eigenvalue weighted by Crippen LogP contribution is -2.39. The Morgan fingerprint density at radius 1 is 0.964 bits per heavy atom. The van der Waals surface area contributed by atoms with Crippen molar-refractivity contribution in [1.82, 2.24) is 0 Å². The summed E-state index contributed by atoms with van der Waals surface area (Å²) in [7, 11) is 0. The molecule has 1 N–H and O–H groups in total. The van der Waals surface area contributed by atoms with E-state index in [0.29, 0.717) is 5.75 Å². The maximum Gasteiger partial charge on any atom is 0.351 e. The fraction of sp³-hybridized carbons (Fsp3) is 0.176. The van der Waals surface area contributed by atoms with E-state index in [9.17, 15) is 31.5 Å². The van der Waals surface area contributed by atoms with Crippen LogP contribution in [0.5, 0.6) is 11.5 Å². The van der Waals surface area contributed by atoms with Crippen molar-refractivity contribution in [1.29, 1.82) is 0 Å². The molecule has 2 aromatic rings. The summed E-state index contributed by atoms with van der Waals surface area (Å²) in [6.07, 6.45) is -1.21. The Hall–Kier alpha value is -3.37. The highest BCUT2D eigenvalue weighted by Crippen LogP contribution is 2.31. The van der Waals surface area contributed by atoms with Crippen LogP contribution in [0.15, 0.2) is 24.3 Å². The first-order valence-corrected chi connectivity index (χ1v) is 7.66. The summed E-state index contributed by atoms with van der Waals surface area (Å²) in [5, 5.41) is 1.48. The van der Waals surface area contributed by atoms with E-state index >= 15 is 0 Å². The van der Waals surface area contributed by atoms with Crippen LogP contribution >= 0.6 is 0 Å². The number of amides is 1. The van der Waals surface area contributed by atoms with Gasteiger partial charge in [-0.05, 0) is 12.1 Å². The van der Waals surface area contributed by atoms with E-state index in [1.165, 1.54) is 11.4 Å². The van der Waals surface area contributed by atoms with Gasteiger partial charge in [-0.3, -0.25) is 4.79 Å². The molecule has 3 rings (SSSR count). The average molecular weight is 403 g/mol. The number of esters is 1. The Kier molecular flexibility index (Phi) is 5.34. The lowest BCUT2D eigenvalue weighted by Gasteiger charge is -2.24. The minimum absolute atomic E-state index is 0.213. The van der Waals surface area contributed by atoms with Crippen LogP contribution in [-0.4, -0.2) is 31.2 Å². The number of hydrogen-bond acceptors (Lipinski definition) is 5. The standard InChI is InChI=1S/C17H10F5NO5/c18-11-12(19)14(21)16(15(22)13(11)20)23-10(24)6-27-17(25)9-5-26-7-3-1-2-4-8(7)28-9/h1-4,9H,5-6H2,(H,23,24)/t9-/m0/s1. The molecule has 28 heavy (non-hydrogen) atoms. The second kappa shape index (κ2) is 7.71. The topological polar surface area (TPSA) is 73.9 Å². The fourth-order valence-electron chi connectivity index (χ4n) is 2.26. The number of anilines is 1. The number of carbonyl (C=O) groups is 2. The zero-order valence-corrected chi connectivity index (χ0v) is 13.7. The molecule has 148 valence electrons. The second-order valence-corrected chi connectivity index (χ2v) is 5.47. The molecule has 11 heteroatoms. The van der Waals surface area contributed by atoms with Crippen molar-refractivity contribution < 1.29 is 45.8 Å². The number of rotatable bonds is 4. The van der Waals surface area contributed by atoms with E-state index < -0.39 is 59.4 Å². The zero-order valence-electron chi connectivity index (χ0n) is 13.7. The molecule has 1 aliphatic rings. The van der Waals surface area contributed by atoms with Crippen LogP contribution in [0.4, 0.5) is 27.6 Å². The highest BCUT2D eigenvalue weighted by Gasteiger charge is 2.30. The van der Waals surface area contributed by atoms with Gasteiger partial charge in [-0.1, -0.05) is 12.1 Å². The molecule has 0 spiro atoms. The molecular formula is C17H10F5NO5. The minimum atomic E-state index is -2.37. The molecule has 0 bridgehead atoms. The van der Waals surface area contributed by atoms with Gasteiger partial charge in [-0.2, -0.15) is 0 Å². The van der Waals surface area contributed by atoms with Gasteiger partial charge in [0, 0.05) is 0 Å². The van der Waals surface area contributed by atoms with Gasteiger partial charge in [0.25, 0.3) is 5.91 Å². The molecule has 1 amide bonds. The molecule has 0 aliphatic carbocycles. The van der Waals surface area contributed by atoms with E-state index in [-0.39, 0.29) is 12.4 Å². The smallest absolute Gasteiger partial charge is 0.351 e. The first-order valence-electron chi connectivity index (χ1n) is 7.66. The number of halogens is 5. The van der Waals surface area contributed by atoms with Crippen LogP contribution in [0.3, 0.4) is 0 Å². The minimum Gasteiger partial charge on any atom is -0.485 e. The first-order chi connectivity index (χ1) is 13.3. The SMILES string of the molecule is O=C(COC(=O)[C@@H]1COc2ccccc2O1)Nc1c(F)c(F)c(F)c(F)c1F. The molecule has 0 aromatic heterocycles. The summed E-state index contributed by atoms with van der Waals surface area (Å²) in [5.41, 5.74) is -1.55. The monoisotopic (exact) mass is 403 g/mol. The van der Waals surface area contributed by atoms with Crippen LogP contribution in [0.1, 0.15) is 0 Å². The van der Waals surface area contributed by atoms with Gasteiger partial charge in [0.1, 0.15) is 12.3 Å². The Balaban J connectivity index is 1.60. The van der Waals surface area contributed by atoms with Crippen molar-refractivity contribution >= 4 is 17.6 Å². The van der Waals surface area contributed by atoms with Crippen molar-refractivity contribution in [2.24, 2.45) is 0 Å². The largest absolute Gasteiger partial charge is 0.485 e. The van der Waals surface area contributed by atoms with Crippen molar-refractivity contribution in [2.45, 2.75) is 6.10 Å². The Morgan fingerprint density at radius 2 is 1.54 bits per heavy atom. The number of fused-ring (bicyclic) bond motifs is 1. The molecule has 1 heterocycles. The Labute approximate surface area is 153 Å². The molecule has 1 aliphatic heterocycles. The quantitative estimate of drug-likeness (QED) is 0.368. The van der Waals surface area contributed by atoms with Crippen LogP contribution in [0.2, 0.25) is 0 Å². The van der Waals surface area contributed by atoms with Crippen molar-refractivity contribution in [3.63, 3.8) is 0 Å². The summed E-state index contributed by atoms with van der Waals surface area (Å²) in [5.74, 6) is -13.0. The van der Waals surface area contributed by atoms with E-state index in [2.05, 4.69) is 4.74 Å². The van der Waals surface area contributed by atoms with Crippen molar-refractivity contribution in [2.75, 3.05) is 18.5 Å². The van der Waals surface area contributed by atoms with Crippen molar-refractivity contribution in [3.05, 3.63) is 53.4 Å². The molecule has 1 atom stereocenters. The highest BCUT2D eigenvalue weighted by atomic mass is 19.2. The third-order valence-electron chi connectivity index (χ3n) is 3.59. The zero-order chi connectivity index (χ0) is 20.4. The second-order valence-electron chi connectivity index (χ2n) is 5.47. The first kappa shape index (κ1) is 19.4. The molecule has 2 aromatic carbocycles. The lowest BCUT2D eigenvalue weighted by atomic mass is 10.2. The lowest BCUT2D eigenvalue weighted by molar-refractivity contribution is -0.156. The van der Waals surface area contributed by atoms with E-state index in [1.54, 1.807) is 18.2 Å². The number of benzene rings is 2. The number of hydrogen-bond donors (Lipinski definition) is 1. The van der Waals surface area contributed by atoms with Crippen LogP contribution in [-0.2, 0) is 14.3 Å². The molecule has 0 saturated heterocycles. The van der Waals surface area contributed by atoms with Crippen molar-refractivity contribution in [3.8, 4) is 11.5 Å². The number of nitrogens with one attached hydrogen (secondary N) is 1. The van der Waals surface area contributed by atoms with E-state index in [1.807, 2.05) is 0 Å². The molecular weight excluding hydrogens is 393 g/mol. The maximum absolute atomic E-state index is 13.5. The average Bonchev–Trinajstić information content (AvgIpc) is 2.71. The van der Waals surface area contributed by atoms with Gasteiger partial charge in [0.05, 0.1) is 0 Å². The number of ether oxygens (including phenoxy) is 3. The molecule has 0 fully saturated rings. The third kappa shape index (κ3) is 3.68. The summed E-state index contributed by atoms with van der Waals surface area (Å²) < 4.78 is 81.4. The number of carbonyl (C=O) groups excluding carboxylic acids is 2. The normalized spacial score (nSPS) is 15.1. The molecule has 0 radical (unpaired) electrons.